The summed E-state index contributed by atoms with van der Waals surface area (Å²) < 4.78 is 10.3. The number of carbonyl (C=O) groups excluding carboxylic acids is 1. The zero-order valence-corrected chi connectivity index (χ0v) is 14.1. The zero-order valence-electron chi connectivity index (χ0n) is 14.1. The number of aryl methyl sites for hydroxylation is 3. The number of aliphatic carboxylic acids is 1. The van der Waals surface area contributed by atoms with E-state index in [1.165, 1.54) is 0 Å². The number of rotatable bonds is 6. The molecule has 1 N–H and O–H groups in total. The quantitative estimate of drug-likeness (QED) is 0.873. The topological polar surface area (TPSA) is 92.9 Å². The van der Waals surface area contributed by atoms with Crippen LogP contribution in [0.25, 0.3) is 0 Å². The Morgan fingerprint density at radius 1 is 1.21 bits per heavy atom. The van der Waals surface area contributed by atoms with Gasteiger partial charge in [0.2, 0.25) is 0 Å². The van der Waals surface area contributed by atoms with Crippen molar-refractivity contribution in [1.82, 2.24) is 10.1 Å². The van der Waals surface area contributed by atoms with Crippen LogP contribution < -0.4 is 4.74 Å². The van der Waals surface area contributed by atoms with Crippen molar-refractivity contribution in [3.8, 4) is 5.75 Å². The van der Waals surface area contributed by atoms with Gasteiger partial charge in [0, 0.05) is 18.7 Å². The van der Waals surface area contributed by atoms with Gasteiger partial charge in [0.25, 0.3) is 5.91 Å². The summed E-state index contributed by atoms with van der Waals surface area (Å²) in [5.74, 6) is -0.0237. The summed E-state index contributed by atoms with van der Waals surface area (Å²) in [6, 6.07) is 5.16. The highest BCUT2D eigenvalue weighted by atomic mass is 16.5. The van der Waals surface area contributed by atoms with E-state index in [1.54, 1.807) is 50.9 Å². The first kappa shape index (κ1) is 17.5. The van der Waals surface area contributed by atoms with Crippen LogP contribution in [-0.2, 0) is 11.3 Å². The van der Waals surface area contributed by atoms with Crippen LogP contribution in [0.1, 0.15) is 32.9 Å². The second-order valence-electron chi connectivity index (χ2n) is 5.71. The molecule has 0 saturated heterocycles. The third kappa shape index (κ3) is 4.13. The van der Waals surface area contributed by atoms with Crippen molar-refractivity contribution >= 4 is 11.9 Å². The Balaban J connectivity index is 2.15. The molecule has 24 heavy (non-hydrogen) atoms. The predicted molar refractivity (Wildman–Crippen MR) is 86.1 cm³/mol. The second-order valence-corrected chi connectivity index (χ2v) is 5.71. The molecule has 0 aliphatic heterocycles. The minimum absolute atomic E-state index is 0.161. The Morgan fingerprint density at radius 3 is 2.33 bits per heavy atom. The molecular weight excluding hydrogens is 312 g/mol. The number of ether oxygens (including phenoxy) is 1. The molecule has 1 aromatic carbocycles. The molecule has 0 saturated carbocycles. The summed E-state index contributed by atoms with van der Waals surface area (Å²) in [4.78, 5) is 24.8. The number of hydrogen-bond acceptors (Lipinski definition) is 5. The molecule has 2 rings (SSSR count). The number of benzene rings is 1. The van der Waals surface area contributed by atoms with Crippen LogP contribution in [0.5, 0.6) is 5.75 Å². The van der Waals surface area contributed by atoms with Gasteiger partial charge < -0.3 is 19.3 Å². The number of hydrogen-bond donors (Lipinski definition) is 1. The van der Waals surface area contributed by atoms with Gasteiger partial charge in [0.15, 0.2) is 6.61 Å². The van der Waals surface area contributed by atoms with E-state index in [2.05, 4.69) is 5.16 Å². The molecular formula is C17H20N2O5. The highest BCUT2D eigenvalue weighted by molar-refractivity contribution is 5.94. The van der Waals surface area contributed by atoms with Crippen LogP contribution in [0.3, 0.4) is 0 Å². The maximum atomic E-state index is 12.6. The minimum atomic E-state index is -1.04. The van der Waals surface area contributed by atoms with Gasteiger partial charge >= 0.3 is 5.97 Å². The van der Waals surface area contributed by atoms with Gasteiger partial charge in [-0.1, -0.05) is 5.16 Å². The monoisotopic (exact) mass is 332 g/mol. The molecule has 0 aliphatic carbocycles. The lowest BCUT2D eigenvalue weighted by Gasteiger charge is -2.18. The molecule has 128 valence electrons. The molecule has 0 aliphatic rings. The fraction of sp³-hybridized carbons (Fsp3) is 0.353. The van der Waals surface area contributed by atoms with Crippen LogP contribution in [-0.4, -0.2) is 40.7 Å². The number of carboxylic acid groups (broad SMARTS) is 1. The average Bonchev–Trinajstić information content (AvgIpc) is 2.90. The van der Waals surface area contributed by atoms with E-state index in [0.717, 1.165) is 0 Å². The van der Waals surface area contributed by atoms with Gasteiger partial charge in [-0.15, -0.1) is 0 Å². The number of carbonyl (C=O) groups is 2. The third-order valence-corrected chi connectivity index (χ3v) is 3.47. The van der Waals surface area contributed by atoms with Gasteiger partial charge in [-0.3, -0.25) is 4.79 Å². The maximum Gasteiger partial charge on any atom is 0.341 e. The lowest BCUT2D eigenvalue weighted by molar-refractivity contribution is -0.139. The molecule has 0 bridgehead atoms. The summed E-state index contributed by atoms with van der Waals surface area (Å²) in [6.45, 7) is 5.27. The summed E-state index contributed by atoms with van der Waals surface area (Å²) >= 11 is 0. The fourth-order valence-electron chi connectivity index (χ4n) is 2.46. The molecule has 0 unspecified atom stereocenters. The Morgan fingerprint density at radius 2 is 1.83 bits per heavy atom. The molecule has 1 amide bonds. The van der Waals surface area contributed by atoms with Crippen LogP contribution in [0.4, 0.5) is 0 Å². The highest BCUT2D eigenvalue weighted by Crippen LogP contribution is 2.25. The third-order valence-electron chi connectivity index (χ3n) is 3.47. The summed E-state index contributed by atoms with van der Waals surface area (Å²) in [5, 5.41) is 12.6. The SMILES string of the molecule is Cc1cc(CN(C)C(=O)c2cc(C)c(OCC(=O)O)c(C)c2)no1. The fourth-order valence-corrected chi connectivity index (χ4v) is 2.46. The van der Waals surface area contributed by atoms with Gasteiger partial charge in [0.05, 0.1) is 6.54 Å². The number of nitrogens with zero attached hydrogens (tertiary/aromatic N) is 2. The molecule has 2 aromatic rings. The number of amides is 1. The predicted octanol–water partition coefficient (Wildman–Crippen LogP) is 2.34. The summed E-state index contributed by atoms with van der Waals surface area (Å²) in [7, 11) is 1.69. The molecule has 0 atom stereocenters. The van der Waals surface area contributed by atoms with Gasteiger partial charge in [0.1, 0.15) is 17.2 Å². The van der Waals surface area contributed by atoms with Crippen molar-refractivity contribution in [2.45, 2.75) is 27.3 Å². The minimum Gasteiger partial charge on any atom is -0.481 e. The van der Waals surface area contributed by atoms with Crippen LogP contribution in [0.15, 0.2) is 22.7 Å². The standard InChI is InChI=1S/C17H20N2O5/c1-10-5-13(6-11(2)16(10)23-9-15(20)21)17(22)19(4)8-14-7-12(3)24-18-14/h5-7H,8-9H2,1-4H3,(H,20,21). The molecule has 0 radical (unpaired) electrons. The van der Waals surface area contributed by atoms with E-state index in [9.17, 15) is 9.59 Å². The van der Waals surface area contributed by atoms with Crippen LogP contribution in [0, 0.1) is 20.8 Å². The first-order valence-corrected chi connectivity index (χ1v) is 7.41. The Bertz CT molecular complexity index is 743. The van der Waals surface area contributed by atoms with E-state index in [4.69, 9.17) is 14.4 Å². The smallest absolute Gasteiger partial charge is 0.341 e. The number of aromatic nitrogens is 1. The molecule has 7 nitrogen and oxygen atoms in total. The Kier molecular flexibility index (Phi) is 5.23. The van der Waals surface area contributed by atoms with E-state index >= 15 is 0 Å². The Hall–Kier alpha value is -2.83. The first-order chi connectivity index (χ1) is 11.3. The van der Waals surface area contributed by atoms with E-state index < -0.39 is 12.6 Å². The van der Waals surface area contributed by atoms with Crippen molar-refractivity contribution in [3.63, 3.8) is 0 Å². The highest BCUT2D eigenvalue weighted by Gasteiger charge is 2.17. The molecule has 0 spiro atoms. The van der Waals surface area contributed by atoms with Crippen molar-refractivity contribution in [2.24, 2.45) is 0 Å². The zero-order chi connectivity index (χ0) is 17.9. The number of carboxylic acids is 1. The van der Waals surface area contributed by atoms with Gasteiger partial charge in [-0.2, -0.15) is 0 Å². The maximum absolute atomic E-state index is 12.6. The second kappa shape index (κ2) is 7.16. The summed E-state index contributed by atoms with van der Waals surface area (Å²) in [6.07, 6.45) is 0. The molecule has 1 heterocycles. The van der Waals surface area contributed by atoms with E-state index in [0.29, 0.717) is 40.4 Å². The largest absolute Gasteiger partial charge is 0.481 e. The first-order valence-electron chi connectivity index (χ1n) is 7.41. The molecule has 7 heteroatoms. The molecule has 1 aromatic heterocycles. The van der Waals surface area contributed by atoms with Gasteiger partial charge in [-0.25, -0.2) is 4.79 Å². The van der Waals surface area contributed by atoms with Crippen molar-refractivity contribution in [1.29, 1.82) is 0 Å². The molecule has 0 fully saturated rings. The van der Waals surface area contributed by atoms with Crippen LogP contribution in [0.2, 0.25) is 0 Å². The van der Waals surface area contributed by atoms with Crippen molar-refractivity contribution in [3.05, 3.63) is 46.3 Å². The normalized spacial score (nSPS) is 10.5. The summed E-state index contributed by atoms with van der Waals surface area (Å²) in [5.41, 5.74) is 2.61. The van der Waals surface area contributed by atoms with Crippen LogP contribution >= 0.6 is 0 Å². The van der Waals surface area contributed by atoms with Crippen molar-refractivity contribution in [2.75, 3.05) is 13.7 Å². The van der Waals surface area contributed by atoms with Gasteiger partial charge in [-0.05, 0) is 44.0 Å². The van der Waals surface area contributed by atoms with E-state index in [-0.39, 0.29) is 5.91 Å². The Labute approximate surface area is 139 Å². The van der Waals surface area contributed by atoms with Crippen molar-refractivity contribution < 1.29 is 24.0 Å². The lowest BCUT2D eigenvalue weighted by Crippen LogP contribution is -2.26. The van der Waals surface area contributed by atoms with E-state index in [1.807, 2.05) is 0 Å². The lowest BCUT2D eigenvalue weighted by atomic mass is 10.0. The average molecular weight is 332 g/mol.